The molecule has 0 aliphatic heterocycles. The third kappa shape index (κ3) is 5.35. The van der Waals surface area contributed by atoms with Crippen LogP contribution in [0.1, 0.15) is 52.9 Å². The van der Waals surface area contributed by atoms with Gasteiger partial charge in [-0.1, -0.05) is 12.8 Å². The van der Waals surface area contributed by atoms with Gasteiger partial charge in [0.1, 0.15) is 5.60 Å². The molecule has 0 aromatic rings. The summed E-state index contributed by atoms with van der Waals surface area (Å²) in [5.74, 6) is 0. The summed E-state index contributed by atoms with van der Waals surface area (Å²) in [4.78, 5) is 11.5. The van der Waals surface area contributed by atoms with Crippen molar-refractivity contribution in [2.24, 2.45) is 0 Å². The molecule has 0 aromatic carbocycles. The molecule has 0 saturated heterocycles. The summed E-state index contributed by atoms with van der Waals surface area (Å²) in [6.45, 7) is 5.53. The Morgan fingerprint density at radius 2 is 1.94 bits per heavy atom. The molecule has 4 nitrogen and oxygen atoms in total. The van der Waals surface area contributed by atoms with Crippen molar-refractivity contribution in [3.63, 3.8) is 0 Å². The molecule has 94 valence electrons. The van der Waals surface area contributed by atoms with Gasteiger partial charge in [0.15, 0.2) is 0 Å². The Bertz CT molecular complexity index is 235. The van der Waals surface area contributed by atoms with Crippen LogP contribution in [0.3, 0.4) is 0 Å². The number of nitrogens with one attached hydrogen (secondary N) is 1. The predicted molar refractivity (Wildman–Crippen MR) is 62.2 cm³/mol. The van der Waals surface area contributed by atoms with E-state index in [2.05, 4.69) is 5.32 Å². The maximum atomic E-state index is 11.5. The first-order chi connectivity index (χ1) is 7.37. The number of amides is 1. The van der Waals surface area contributed by atoms with Crippen LogP contribution in [-0.2, 0) is 4.74 Å². The van der Waals surface area contributed by atoms with Crippen LogP contribution in [0.4, 0.5) is 4.79 Å². The zero-order chi connectivity index (χ0) is 12.2. The molecule has 0 heterocycles. The highest BCUT2D eigenvalue weighted by Crippen LogP contribution is 2.18. The second kappa shape index (κ2) is 5.53. The first-order valence-electron chi connectivity index (χ1n) is 6.04. The van der Waals surface area contributed by atoms with E-state index in [1.54, 1.807) is 0 Å². The number of hydrogen-bond acceptors (Lipinski definition) is 3. The molecule has 0 unspecified atom stereocenters. The van der Waals surface area contributed by atoms with Crippen molar-refractivity contribution in [2.75, 3.05) is 0 Å². The lowest BCUT2D eigenvalue weighted by atomic mass is 10.1. The molecular formula is C12H23NO3. The number of carbonyl (C=O) groups excluding carboxylic acids is 1. The maximum Gasteiger partial charge on any atom is 0.407 e. The number of ether oxygens (including phenoxy) is 1. The molecule has 1 aliphatic carbocycles. The van der Waals surface area contributed by atoms with Crippen LogP contribution in [0.15, 0.2) is 0 Å². The van der Waals surface area contributed by atoms with Crippen LogP contribution >= 0.6 is 0 Å². The minimum absolute atomic E-state index is 0.0485. The highest BCUT2D eigenvalue weighted by Gasteiger charge is 2.22. The van der Waals surface area contributed by atoms with E-state index in [-0.39, 0.29) is 18.2 Å². The molecule has 1 fully saturated rings. The average Bonchev–Trinajstić information content (AvgIpc) is 2.26. The molecule has 0 radical (unpaired) electrons. The van der Waals surface area contributed by atoms with E-state index in [1.807, 2.05) is 20.8 Å². The van der Waals surface area contributed by atoms with Crippen molar-refractivity contribution in [1.29, 1.82) is 0 Å². The third-order valence-electron chi connectivity index (χ3n) is 2.62. The number of aliphatic hydroxyl groups excluding tert-OH is 1. The van der Waals surface area contributed by atoms with Gasteiger partial charge in [0.05, 0.1) is 6.10 Å². The van der Waals surface area contributed by atoms with E-state index in [0.717, 1.165) is 25.7 Å². The molecule has 0 aromatic heterocycles. The van der Waals surface area contributed by atoms with Gasteiger partial charge in [-0.25, -0.2) is 4.79 Å². The molecule has 4 heteroatoms. The molecule has 1 amide bonds. The van der Waals surface area contributed by atoms with Gasteiger partial charge in [-0.15, -0.1) is 0 Å². The molecule has 1 rings (SSSR count). The van der Waals surface area contributed by atoms with Crippen molar-refractivity contribution in [1.82, 2.24) is 5.32 Å². The van der Waals surface area contributed by atoms with Crippen molar-refractivity contribution < 1.29 is 14.6 Å². The van der Waals surface area contributed by atoms with Gasteiger partial charge in [0.2, 0.25) is 0 Å². The molecule has 2 N–H and O–H groups in total. The van der Waals surface area contributed by atoms with Gasteiger partial charge in [-0.2, -0.15) is 0 Å². The van der Waals surface area contributed by atoms with Crippen LogP contribution in [-0.4, -0.2) is 28.9 Å². The Morgan fingerprint density at radius 3 is 2.56 bits per heavy atom. The van der Waals surface area contributed by atoms with Crippen LogP contribution < -0.4 is 5.32 Å². The fourth-order valence-corrected chi connectivity index (χ4v) is 1.94. The van der Waals surface area contributed by atoms with Crippen LogP contribution in [0.5, 0.6) is 0 Å². The molecule has 1 saturated carbocycles. The van der Waals surface area contributed by atoms with Gasteiger partial charge in [0, 0.05) is 6.04 Å². The number of hydrogen-bond donors (Lipinski definition) is 2. The largest absolute Gasteiger partial charge is 0.444 e. The summed E-state index contributed by atoms with van der Waals surface area (Å²) >= 11 is 0. The summed E-state index contributed by atoms with van der Waals surface area (Å²) in [7, 11) is 0. The average molecular weight is 229 g/mol. The highest BCUT2D eigenvalue weighted by molar-refractivity contribution is 5.68. The van der Waals surface area contributed by atoms with E-state index in [4.69, 9.17) is 4.74 Å². The van der Waals surface area contributed by atoms with Gasteiger partial charge in [-0.3, -0.25) is 0 Å². The quantitative estimate of drug-likeness (QED) is 0.678. The Balaban J connectivity index is 2.37. The molecule has 2 atom stereocenters. The number of alkyl carbamates (subject to hydrolysis) is 1. The second-order valence-electron chi connectivity index (χ2n) is 5.52. The summed E-state index contributed by atoms with van der Waals surface area (Å²) in [6.07, 6.45) is 3.82. The number of aliphatic hydroxyl groups is 1. The zero-order valence-corrected chi connectivity index (χ0v) is 10.5. The monoisotopic (exact) mass is 229 g/mol. The normalized spacial score (nSPS) is 27.0. The Morgan fingerprint density at radius 1 is 1.31 bits per heavy atom. The standard InChI is InChI=1S/C12H23NO3/c1-12(2,3)16-11(15)13-9-6-4-5-7-10(14)8-9/h9-10,14H,4-8H2,1-3H3,(H,13,15)/t9-,10-/m0/s1. The summed E-state index contributed by atoms with van der Waals surface area (Å²) in [6, 6.07) is 0.0485. The van der Waals surface area contributed by atoms with Gasteiger partial charge in [-0.05, 0) is 40.0 Å². The van der Waals surface area contributed by atoms with Crippen LogP contribution in [0.2, 0.25) is 0 Å². The topological polar surface area (TPSA) is 58.6 Å². The summed E-state index contributed by atoms with van der Waals surface area (Å²) < 4.78 is 5.18. The summed E-state index contributed by atoms with van der Waals surface area (Å²) in [5.41, 5.74) is -0.465. The fraction of sp³-hybridized carbons (Fsp3) is 0.917. The van der Waals surface area contributed by atoms with E-state index < -0.39 is 5.60 Å². The van der Waals surface area contributed by atoms with Crippen LogP contribution in [0.25, 0.3) is 0 Å². The third-order valence-corrected chi connectivity index (χ3v) is 2.62. The van der Waals surface area contributed by atoms with Crippen molar-refractivity contribution in [3.05, 3.63) is 0 Å². The molecule has 0 bridgehead atoms. The molecule has 0 spiro atoms. The predicted octanol–water partition coefficient (Wildman–Crippen LogP) is 2.20. The lowest BCUT2D eigenvalue weighted by Crippen LogP contribution is -2.40. The van der Waals surface area contributed by atoms with E-state index in [1.165, 1.54) is 0 Å². The highest BCUT2D eigenvalue weighted by atomic mass is 16.6. The van der Waals surface area contributed by atoms with E-state index in [9.17, 15) is 9.90 Å². The van der Waals surface area contributed by atoms with E-state index in [0.29, 0.717) is 6.42 Å². The lowest BCUT2D eigenvalue weighted by molar-refractivity contribution is 0.0485. The Kier molecular flexibility index (Phi) is 4.59. The smallest absolute Gasteiger partial charge is 0.407 e. The van der Waals surface area contributed by atoms with Gasteiger partial charge >= 0.3 is 6.09 Å². The second-order valence-corrected chi connectivity index (χ2v) is 5.52. The fourth-order valence-electron chi connectivity index (χ4n) is 1.94. The zero-order valence-electron chi connectivity index (χ0n) is 10.5. The van der Waals surface area contributed by atoms with Crippen molar-refractivity contribution in [3.8, 4) is 0 Å². The molecule has 1 aliphatic rings. The van der Waals surface area contributed by atoms with Crippen LogP contribution in [0, 0.1) is 0 Å². The molecule has 16 heavy (non-hydrogen) atoms. The number of carbonyl (C=O) groups is 1. The minimum Gasteiger partial charge on any atom is -0.444 e. The lowest BCUT2D eigenvalue weighted by Gasteiger charge is -2.23. The van der Waals surface area contributed by atoms with Crippen molar-refractivity contribution >= 4 is 6.09 Å². The Hall–Kier alpha value is -0.770. The number of rotatable bonds is 1. The SMILES string of the molecule is CC(C)(C)OC(=O)N[C@H]1CCCC[C@H](O)C1. The molecular weight excluding hydrogens is 206 g/mol. The van der Waals surface area contributed by atoms with Gasteiger partial charge in [0.25, 0.3) is 0 Å². The first kappa shape index (κ1) is 13.3. The first-order valence-corrected chi connectivity index (χ1v) is 6.04. The Labute approximate surface area is 97.4 Å². The van der Waals surface area contributed by atoms with Crippen molar-refractivity contribution in [2.45, 2.75) is 70.6 Å². The van der Waals surface area contributed by atoms with Gasteiger partial charge < -0.3 is 15.2 Å². The maximum absolute atomic E-state index is 11.5. The minimum atomic E-state index is -0.465. The van der Waals surface area contributed by atoms with E-state index >= 15 is 0 Å². The summed E-state index contributed by atoms with van der Waals surface area (Å²) in [5, 5.41) is 12.4.